The molecule has 1 fully saturated rings. The molecular weight excluding hydrogens is 444 g/mol. The molecule has 0 aliphatic carbocycles. The smallest absolute Gasteiger partial charge is 0.256 e. The molecule has 2 aromatic rings. The van der Waals surface area contributed by atoms with Gasteiger partial charge in [0, 0.05) is 66.8 Å². The van der Waals surface area contributed by atoms with Crippen molar-refractivity contribution in [3.8, 4) is 0 Å². The molecule has 1 aromatic carbocycles. The number of β-amino-alcohol motifs (C(OH)–C–C–N with tert-alkyl or cyclic N) is 1. The summed E-state index contributed by atoms with van der Waals surface area (Å²) in [4.78, 5) is 33.0. The number of H-pyrrole nitrogens is 1. The Labute approximate surface area is 197 Å². The van der Waals surface area contributed by atoms with Gasteiger partial charge in [0.05, 0.1) is 30.5 Å². The number of aliphatic hydroxyl groups is 1. The summed E-state index contributed by atoms with van der Waals surface area (Å²) in [6.07, 6.45) is 1.85. The first-order valence-electron chi connectivity index (χ1n) is 11.2. The van der Waals surface area contributed by atoms with Crippen molar-refractivity contribution >= 4 is 40.8 Å². The molecule has 3 aliphatic heterocycles. The van der Waals surface area contributed by atoms with E-state index in [1.807, 2.05) is 6.92 Å². The number of nitrogens with zero attached hydrogens (tertiary/aromatic N) is 2. The highest BCUT2D eigenvalue weighted by Gasteiger charge is 2.31. The molecule has 174 valence electrons. The number of rotatable bonds is 5. The van der Waals surface area contributed by atoms with E-state index in [-0.39, 0.29) is 11.8 Å². The summed E-state index contributed by atoms with van der Waals surface area (Å²) in [6.45, 7) is 6.20. The Morgan fingerprint density at radius 3 is 2.79 bits per heavy atom. The van der Waals surface area contributed by atoms with Gasteiger partial charge < -0.3 is 25.0 Å². The number of nitrogens with one attached hydrogen (secondary N) is 2. The summed E-state index contributed by atoms with van der Waals surface area (Å²) in [6, 6.07) is 5.29. The quantitative estimate of drug-likeness (QED) is 0.582. The van der Waals surface area contributed by atoms with E-state index in [4.69, 9.17) is 16.3 Å². The minimum atomic E-state index is -0.613. The van der Waals surface area contributed by atoms with Gasteiger partial charge in [0.15, 0.2) is 0 Å². The number of aliphatic hydroxyl groups excluding tert-OH is 1. The van der Waals surface area contributed by atoms with Crippen molar-refractivity contribution in [2.75, 3.05) is 51.3 Å². The molecule has 1 aromatic heterocycles. The highest BCUT2D eigenvalue weighted by molar-refractivity contribution is 6.36. The van der Waals surface area contributed by atoms with Crippen molar-refractivity contribution in [2.24, 2.45) is 0 Å². The molecule has 0 saturated carbocycles. The zero-order valence-corrected chi connectivity index (χ0v) is 19.2. The number of fused-ring (bicyclic) bond motifs is 2. The maximum Gasteiger partial charge on any atom is 0.256 e. The predicted molar refractivity (Wildman–Crippen MR) is 126 cm³/mol. The highest BCUT2D eigenvalue weighted by Crippen LogP contribution is 2.36. The second-order valence-corrected chi connectivity index (χ2v) is 9.22. The molecule has 1 atom stereocenters. The Bertz CT molecular complexity index is 1140. The lowest BCUT2D eigenvalue weighted by molar-refractivity contribution is -0.110. The molecule has 1 saturated heterocycles. The Balaban J connectivity index is 1.35. The number of halogens is 1. The molecule has 5 rings (SSSR count). The second kappa shape index (κ2) is 8.95. The number of carbonyl (C=O) groups excluding carboxylic acids is 2. The number of hydrogen-bond donors (Lipinski definition) is 3. The second-order valence-electron chi connectivity index (χ2n) is 8.79. The number of aromatic nitrogens is 1. The van der Waals surface area contributed by atoms with Crippen molar-refractivity contribution in [3.63, 3.8) is 0 Å². The molecule has 1 unspecified atom stereocenters. The maximum absolute atomic E-state index is 13.3. The van der Waals surface area contributed by atoms with Gasteiger partial charge in [-0.1, -0.05) is 11.6 Å². The van der Waals surface area contributed by atoms with Gasteiger partial charge in [0.2, 0.25) is 0 Å². The van der Waals surface area contributed by atoms with E-state index < -0.39 is 6.10 Å². The van der Waals surface area contributed by atoms with Crippen molar-refractivity contribution in [1.82, 2.24) is 14.8 Å². The van der Waals surface area contributed by atoms with E-state index in [0.29, 0.717) is 55.4 Å². The molecule has 4 heterocycles. The topological polar surface area (TPSA) is 97.9 Å². The third-order valence-electron chi connectivity index (χ3n) is 6.56. The van der Waals surface area contributed by atoms with Gasteiger partial charge in [-0.2, -0.15) is 0 Å². The van der Waals surface area contributed by atoms with E-state index in [1.165, 1.54) is 0 Å². The summed E-state index contributed by atoms with van der Waals surface area (Å²) in [5.41, 5.74) is 5.03. The maximum atomic E-state index is 13.3. The average molecular weight is 471 g/mol. The van der Waals surface area contributed by atoms with Gasteiger partial charge in [-0.05, 0) is 36.8 Å². The van der Waals surface area contributed by atoms with E-state index in [9.17, 15) is 14.7 Å². The Morgan fingerprint density at radius 2 is 2.00 bits per heavy atom. The monoisotopic (exact) mass is 470 g/mol. The molecule has 9 heteroatoms. The average Bonchev–Trinajstić information content (AvgIpc) is 3.27. The zero-order valence-electron chi connectivity index (χ0n) is 18.5. The van der Waals surface area contributed by atoms with Gasteiger partial charge in [-0.25, -0.2) is 0 Å². The van der Waals surface area contributed by atoms with Crippen LogP contribution in [0.1, 0.15) is 32.9 Å². The van der Waals surface area contributed by atoms with Crippen LogP contribution in [0.4, 0.5) is 5.69 Å². The first-order chi connectivity index (χ1) is 15.9. The van der Waals surface area contributed by atoms with Crippen LogP contribution in [0.15, 0.2) is 18.2 Å². The molecular formula is C24H27ClN4O4. The minimum absolute atomic E-state index is 0.0880. The Morgan fingerprint density at radius 1 is 1.21 bits per heavy atom. The van der Waals surface area contributed by atoms with Crippen molar-refractivity contribution in [3.05, 3.63) is 51.3 Å². The van der Waals surface area contributed by atoms with Crippen LogP contribution in [-0.4, -0.2) is 83.7 Å². The standard InChI is InChI=1S/C24H27ClN4O4/c1-14-21(11-18-17-10-15(25)2-3-19(17)27-23(18)31)26-20-4-5-29(24(32)22(14)20)13-16(30)12-28-6-8-33-9-7-28/h2-3,10-11,16,26,30H,4-9,12-13H2,1H3,(H,27,31)/b18-11-. The van der Waals surface area contributed by atoms with Crippen LogP contribution >= 0.6 is 11.6 Å². The molecule has 3 N–H and O–H groups in total. The zero-order chi connectivity index (χ0) is 23.1. The van der Waals surface area contributed by atoms with Crippen LogP contribution < -0.4 is 5.32 Å². The number of benzene rings is 1. The number of anilines is 1. The van der Waals surface area contributed by atoms with Gasteiger partial charge in [0.1, 0.15) is 0 Å². The fourth-order valence-corrected chi connectivity index (χ4v) is 5.00. The van der Waals surface area contributed by atoms with Crippen LogP contribution in [0.5, 0.6) is 0 Å². The lowest BCUT2D eigenvalue weighted by atomic mass is 10.0. The number of amides is 2. The predicted octanol–water partition coefficient (Wildman–Crippen LogP) is 2.16. The fourth-order valence-electron chi connectivity index (χ4n) is 4.82. The molecule has 2 amide bonds. The number of morpholine rings is 1. The van der Waals surface area contributed by atoms with E-state index in [2.05, 4.69) is 15.2 Å². The first kappa shape index (κ1) is 22.2. The van der Waals surface area contributed by atoms with Crippen LogP contribution in [0.25, 0.3) is 11.6 Å². The largest absolute Gasteiger partial charge is 0.390 e. The van der Waals surface area contributed by atoms with Crippen molar-refractivity contribution < 1.29 is 19.4 Å². The first-order valence-corrected chi connectivity index (χ1v) is 11.6. The molecule has 33 heavy (non-hydrogen) atoms. The number of hydrogen-bond acceptors (Lipinski definition) is 5. The van der Waals surface area contributed by atoms with Crippen molar-refractivity contribution in [2.45, 2.75) is 19.4 Å². The normalized spacial score (nSPS) is 20.7. The Hall–Kier alpha value is -2.65. The van der Waals surface area contributed by atoms with Gasteiger partial charge in [-0.3, -0.25) is 14.5 Å². The van der Waals surface area contributed by atoms with Crippen molar-refractivity contribution in [1.29, 1.82) is 0 Å². The number of aromatic amines is 1. The fraction of sp³-hybridized carbons (Fsp3) is 0.417. The molecule has 8 nitrogen and oxygen atoms in total. The molecule has 0 spiro atoms. The highest BCUT2D eigenvalue weighted by atomic mass is 35.5. The van der Waals surface area contributed by atoms with Crippen LogP contribution in [0.2, 0.25) is 5.02 Å². The lowest BCUT2D eigenvalue weighted by Crippen LogP contribution is -2.47. The third kappa shape index (κ3) is 4.31. The number of carbonyl (C=O) groups is 2. The summed E-state index contributed by atoms with van der Waals surface area (Å²) in [7, 11) is 0. The summed E-state index contributed by atoms with van der Waals surface area (Å²) >= 11 is 6.14. The summed E-state index contributed by atoms with van der Waals surface area (Å²) < 4.78 is 5.35. The van der Waals surface area contributed by atoms with Crippen LogP contribution in [0, 0.1) is 6.92 Å². The van der Waals surface area contributed by atoms with E-state index in [1.54, 1.807) is 29.2 Å². The van der Waals surface area contributed by atoms with Gasteiger partial charge in [-0.15, -0.1) is 0 Å². The van der Waals surface area contributed by atoms with Crippen LogP contribution in [-0.2, 0) is 16.0 Å². The minimum Gasteiger partial charge on any atom is -0.390 e. The molecule has 0 radical (unpaired) electrons. The third-order valence-corrected chi connectivity index (χ3v) is 6.79. The SMILES string of the molecule is Cc1c(/C=C2\C(=O)Nc3ccc(Cl)cc32)[nH]c2c1C(=O)N(CC(O)CN1CCOCC1)CC2. The Kier molecular flexibility index (Phi) is 6.01. The molecule has 3 aliphatic rings. The van der Waals surface area contributed by atoms with Crippen LogP contribution in [0.3, 0.4) is 0 Å². The van der Waals surface area contributed by atoms with E-state index in [0.717, 1.165) is 41.3 Å². The lowest BCUT2D eigenvalue weighted by Gasteiger charge is -2.32. The summed E-state index contributed by atoms with van der Waals surface area (Å²) in [5.74, 6) is -0.284. The van der Waals surface area contributed by atoms with Gasteiger partial charge in [0.25, 0.3) is 11.8 Å². The summed E-state index contributed by atoms with van der Waals surface area (Å²) in [5, 5.41) is 14.0. The number of ether oxygens (including phenoxy) is 1. The van der Waals surface area contributed by atoms with Gasteiger partial charge >= 0.3 is 0 Å². The van der Waals surface area contributed by atoms with E-state index >= 15 is 0 Å². The molecule has 0 bridgehead atoms.